The Bertz CT molecular complexity index is 328. The van der Waals surface area contributed by atoms with E-state index in [1.807, 2.05) is 0 Å². The average Bonchev–Trinajstić information content (AvgIpc) is 2.24. The SMILES string of the molecule is CCCC(O)CNCc1ccc(C)c(Br)c1. The van der Waals surface area contributed by atoms with E-state index in [4.69, 9.17) is 0 Å². The fourth-order valence-corrected chi connectivity index (χ4v) is 1.99. The molecule has 0 aromatic heterocycles. The second-order valence-electron chi connectivity index (χ2n) is 4.16. The molecule has 0 saturated carbocycles. The Hall–Kier alpha value is -0.380. The molecule has 0 spiro atoms. The van der Waals surface area contributed by atoms with Gasteiger partial charge in [0.15, 0.2) is 0 Å². The Balaban J connectivity index is 2.34. The zero-order valence-electron chi connectivity index (χ0n) is 9.96. The van der Waals surface area contributed by atoms with Gasteiger partial charge < -0.3 is 10.4 Å². The van der Waals surface area contributed by atoms with Crippen molar-refractivity contribution in [3.63, 3.8) is 0 Å². The fraction of sp³-hybridized carbons (Fsp3) is 0.538. The summed E-state index contributed by atoms with van der Waals surface area (Å²) in [4.78, 5) is 0. The Morgan fingerprint density at radius 2 is 2.19 bits per heavy atom. The number of aliphatic hydroxyl groups is 1. The first-order chi connectivity index (χ1) is 7.63. The molecule has 90 valence electrons. The molecule has 0 heterocycles. The van der Waals surface area contributed by atoms with Gasteiger partial charge in [0.05, 0.1) is 6.10 Å². The molecule has 0 radical (unpaired) electrons. The van der Waals surface area contributed by atoms with Crippen molar-refractivity contribution in [3.8, 4) is 0 Å². The zero-order chi connectivity index (χ0) is 12.0. The molecule has 3 heteroatoms. The van der Waals surface area contributed by atoms with Gasteiger partial charge >= 0.3 is 0 Å². The molecule has 0 bridgehead atoms. The molecule has 0 aliphatic heterocycles. The molecule has 1 unspecified atom stereocenters. The number of rotatable bonds is 6. The third-order valence-corrected chi connectivity index (χ3v) is 3.42. The topological polar surface area (TPSA) is 32.3 Å². The lowest BCUT2D eigenvalue weighted by Gasteiger charge is -2.11. The van der Waals surface area contributed by atoms with E-state index in [1.165, 1.54) is 11.1 Å². The quantitative estimate of drug-likeness (QED) is 0.842. The van der Waals surface area contributed by atoms with E-state index >= 15 is 0 Å². The molecule has 1 atom stereocenters. The second-order valence-corrected chi connectivity index (χ2v) is 5.01. The van der Waals surface area contributed by atoms with Crippen LogP contribution in [0.25, 0.3) is 0 Å². The van der Waals surface area contributed by atoms with Crippen LogP contribution in [0.2, 0.25) is 0 Å². The minimum Gasteiger partial charge on any atom is -0.392 e. The summed E-state index contributed by atoms with van der Waals surface area (Å²) in [6, 6.07) is 6.33. The number of halogens is 1. The van der Waals surface area contributed by atoms with E-state index < -0.39 is 0 Å². The van der Waals surface area contributed by atoms with E-state index in [9.17, 15) is 5.11 Å². The normalized spacial score (nSPS) is 12.8. The van der Waals surface area contributed by atoms with Crippen LogP contribution in [-0.2, 0) is 6.54 Å². The smallest absolute Gasteiger partial charge is 0.0664 e. The van der Waals surface area contributed by atoms with E-state index in [0.29, 0.717) is 6.54 Å². The Morgan fingerprint density at radius 3 is 2.81 bits per heavy atom. The predicted octanol–water partition coefficient (Wildman–Crippen LogP) is 3.01. The molecular formula is C13H20BrNO. The summed E-state index contributed by atoms with van der Waals surface area (Å²) in [5, 5.41) is 12.8. The van der Waals surface area contributed by atoms with Crippen LogP contribution >= 0.6 is 15.9 Å². The second kappa shape index (κ2) is 7.05. The van der Waals surface area contributed by atoms with Crippen molar-refractivity contribution >= 4 is 15.9 Å². The molecule has 1 aromatic carbocycles. The predicted molar refractivity (Wildman–Crippen MR) is 71.5 cm³/mol. The summed E-state index contributed by atoms with van der Waals surface area (Å²) in [6.07, 6.45) is 1.67. The van der Waals surface area contributed by atoms with Crippen LogP contribution in [-0.4, -0.2) is 17.8 Å². The Morgan fingerprint density at radius 1 is 1.44 bits per heavy atom. The summed E-state index contributed by atoms with van der Waals surface area (Å²) < 4.78 is 1.14. The maximum absolute atomic E-state index is 9.55. The monoisotopic (exact) mass is 285 g/mol. The first-order valence-corrected chi connectivity index (χ1v) is 6.56. The van der Waals surface area contributed by atoms with Gasteiger partial charge in [0.1, 0.15) is 0 Å². The third-order valence-electron chi connectivity index (χ3n) is 2.57. The van der Waals surface area contributed by atoms with Crippen molar-refractivity contribution in [1.82, 2.24) is 5.32 Å². The van der Waals surface area contributed by atoms with Crippen molar-refractivity contribution < 1.29 is 5.11 Å². The number of benzene rings is 1. The summed E-state index contributed by atoms with van der Waals surface area (Å²) in [6.45, 7) is 5.63. The number of nitrogens with one attached hydrogen (secondary N) is 1. The van der Waals surface area contributed by atoms with Gasteiger partial charge in [-0.3, -0.25) is 0 Å². The largest absolute Gasteiger partial charge is 0.392 e. The van der Waals surface area contributed by atoms with Gasteiger partial charge in [-0.2, -0.15) is 0 Å². The van der Waals surface area contributed by atoms with Crippen LogP contribution in [0, 0.1) is 6.92 Å². The van der Waals surface area contributed by atoms with E-state index in [-0.39, 0.29) is 6.10 Å². The van der Waals surface area contributed by atoms with Crippen molar-refractivity contribution in [1.29, 1.82) is 0 Å². The molecule has 2 nitrogen and oxygen atoms in total. The Labute approximate surface area is 106 Å². The van der Waals surface area contributed by atoms with Crippen molar-refractivity contribution in [2.24, 2.45) is 0 Å². The van der Waals surface area contributed by atoms with Gasteiger partial charge in [-0.15, -0.1) is 0 Å². The molecule has 16 heavy (non-hydrogen) atoms. The average molecular weight is 286 g/mol. The van der Waals surface area contributed by atoms with E-state index in [1.54, 1.807) is 0 Å². The van der Waals surface area contributed by atoms with Gasteiger partial charge in [0.25, 0.3) is 0 Å². The van der Waals surface area contributed by atoms with Crippen molar-refractivity contribution in [2.75, 3.05) is 6.54 Å². The number of aryl methyl sites for hydroxylation is 1. The maximum atomic E-state index is 9.55. The molecule has 0 amide bonds. The third kappa shape index (κ3) is 4.64. The van der Waals surface area contributed by atoms with Crippen molar-refractivity contribution in [2.45, 2.75) is 39.3 Å². The summed E-state index contributed by atoms with van der Waals surface area (Å²) >= 11 is 3.51. The Kier molecular flexibility index (Phi) is 6.03. The van der Waals surface area contributed by atoms with E-state index in [0.717, 1.165) is 23.9 Å². The molecule has 2 N–H and O–H groups in total. The van der Waals surface area contributed by atoms with Gasteiger partial charge in [-0.05, 0) is 30.5 Å². The molecule has 1 rings (SSSR count). The minimum atomic E-state index is -0.223. The highest BCUT2D eigenvalue weighted by atomic mass is 79.9. The molecule has 0 aliphatic carbocycles. The highest BCUT2D eigenvalue weighted by Gasteiger charge is 2.02. The highest BCUT2D eigenvalue weighted by molar-refractivity contribution is 9.10. The molecule has 1 aromatic rings. The lowest BCUT2D eigenvalue weighted by Crippen LogP contribution is -2.26. The van der Waals surface area contributed by atoms with E-state index in [2.05, 4.69) is 53.3 Å². The number of aliphatic hydroxyl groups excluding tert-OH is 1. The number of hydrogen-bond donors (Lipinski definition) is 2. The van der Waals surface area contributed by atoms with Crippen LogP contribution in [0.1, 0.15) is 30.9 Å². The zero-order valence-corrected chi connectivity index (χ0v) is 11.5. The summed E-state index contributed by atoms with van der Waals surface area (Å²) in [5.74, 6) is 0. The molecule has 0 saturated heterocycles. The standard InChI is InChI=1S/C13H20BrNO/c1-3-4-12(16)9-15-8-11-6-5-10(2)13(14)7-11/h5-7,12,15-16H,3-4,8-9H2,1-2H3. The van der Waals surface area contributed by atoms with Crippen molar-refractivity contribution in [3.05, 3.63) is 33.8 Å². The van der Waals surface area contributed by atoms with Gasteiger partial charge in [0.2, 0.25) is 0 Å². The lowest BCUT2D eigenvalue weighted by molar-refractivity contribution is 0.160. The fourth-order valence-electron chi connectivity index (χ4n) is 1.56. The lowest BCUT2D eigenvalue weighted by atomic mass is 10.1. The minimum absolute atomic E-state index is 0.223. The maximum Gasteiger partial charge on any atom is 0.0664 e. The molecular weight excluding hydrogens is 266 g/mol. The van der Waals surface area contributed by atoms with Crippen LogP contribution < -0.4 is 5.32 Å². The number of hydrogen-bond acceptors (Lipinski definition) is 2. The first kappa shape index (κ1) is 13.7. The van der Waals surface area contributed by atoms with Crippen LogP contribution in [0.15, 0.2) is 22.7 Å². The van der Waals surface area contributed by atoms with Crippen LogP contribution in [0.5, 0.6) is 0 Å². The van der Waals surface area contributed by atoms with Gasteiger partial charge in [0, 0.05) is 17.6 Å². The van der Waals surface area contributed by atoms with Crippen LogP contribution in [0.3, 0.4) is 0 Å². The highest BCUT2D eigenvalue weighted by Crippen LogP contribution is 2.17. The first-order valence-electron chi connectivity index (χ1n) is 5.77. The molecule has 0 fully saturated rings. The van der Waals surface area contributed by atoms with Gasteiger partial charge in [-0.25, -0.2) is 0 Å². The molecule has 0 aliphatic rings. The summed E-state index contributed by atoms with van der Waals surface area (Å²) in [7, 11) is 0. The van der Waals surface area contributed by atoms with Crippen LogP contribution in [0.4, 0.5) is 0 Å². The van der Waals surface area contributed by atoms with Gasteiger partial charge in [-0.1, -0.05) is 41.4 Å². The summed E-state index contributed by atoms with van der Waals surface area (Å²) in [5.41, 5.74) is 2.48.